The minimum absolute atomic E-state index is 0.110. The van der Waals surface area contributed by atoms with E-state index in [2.05, 4.69) is 4.74 Å². The largest absolute Gasteiger partial charge is 0.453 e. The number of hydrogen-bond donors (Lipinski definition) is 0. The second kappa shape index (κ2) is 3.01. The molecule has 0 aromatic heterocycles. The molecule has 0 aromatic carbocycles. The maximum atomic E-state index is 11.3. The van der Waals surface area contributed by atoms with Crippen molar-refractivity contribution in [3.05, 3.63) is 0 Å². The quantitative estimate of drug-likeness (QED) is 0.561. The average Bonchev–Trinajstić information content (AvgIpc) is 2.37. The number of Topliss-reactive ketones (excluding diaryl/α,β-unsaturated/α-hetero) is 1. The lowest BCUT2D eigenvalue weighted by atomic mass is 10.0. The molecule has 0 spiro atoms. The van der Waals surface area contributed by atoms with Crippen molar-refractivity contribution in [2.75, 3.05) is 7.11 Å². The van der Waals surface area contributed by atoms with Crippen molar-refractivity contribution in [1.29, 1.82) is 0 Å². The summed E-state index contributed by atoms with van der Waals surface area (Å²) in [5.41, 5.74) is 0. The van der Waals surface area contributed by atoms with Gasteiger partial charge in [-0.2, -0.15) is 0 Å². The van der Waals surface area contributed by atoms with E-state index in [0.29, 0.717) is 12.8 Å². The van der Waals surface area contributed by atoms with Gasteiger partial charge in [-0.15, -0.1) is 0 Å². The van der Waals surface area contributed by atoms with Crippen molar-refractivity contribution in [3.8, 4) is 0 Å². The summed E-state index contributed by atoms with van der Waals surface area (Å²) in [6.07, 6.45) is 2.66. The zero-order valence-electron chi connectivity index (χ0n) is 7.66. The monoisotopic (exact) mass is 183 g/mol. The molecular weight excluding hydrogens is 170 g/mol. The van der Waals surface area contributed by atoms with E-state index < -0.39 is 0 Å². The number of ether oxygens (including phenoxy) is 1. The van der Waals surface area contributed by atoms with Gasteiger partial charge in [-0.05, 0) is 12.8 Å². The molecule has 0 radical (unpaired) electrons. The summed E-state index contributed by atoms with van der Waals surface area (Å²) in [5.74, 6) is 0.285. The molecular formula is C9H13NO3. The van der Waals surface area contributed by atoms with Gasteiger partial charge in [0.1, 0.15) is 5.78 Å². The number of carbonyl (C=O) groups excluding carboxylic acids is 2. The lowest BCUT2D eigenvalue weighted by molar-refractivity contribution is -0.122. The highest BCUT2D eigenvalue weighted by Gasteiger charge is 2.43. The molecule has 1 amide bonds. The van der Waals surface area contributed by atoms with E-state index in [1.165, 1.54) is 7.11 Å². The van der Waals surface area contributed by atoms with Crippen LogP contribution in [0.5, 0.6) is 0 Å². The van der Waals surface area contributed by atoms with E-state index in [9.17, 15) is 9.59 Å². The smallest absolute Gasteiger partial charge is 0.410 e. The molecule has 2 bridgehead atoms. The molecule has 2 rings (SSSR count). The van der Waals surface area contributed by atoms with E-state index in [1.807, 2.05) is 0 Å². The van der Waals surface area contributed by atoms with Crippen molar-refractivity contribution in [3.63, 3.8) is 0 Å². The SMILES string of the molecule is COC(=O)N1[C@@H]2CC[C@H]1CC(=O)C2. The molecule has 2 aliphatic heterocycles. The van der Waals surface area contributed by atoms with E-state index in [0.717, 1.165) is 12.8 Å². The normalized spacial score (nSPS) is 32.1. The Balaban J connectivity index is 2.14. The zero-order valence-corrected chi connectivity index (χ0v) is 7.66. The number of ketones is 1. The lowest BCUT2D eigenvalue weighted by Crippen LogP contribution is -2.46. The lowest BCUT2D eigenvalue weighted by Gasteiger charge is -2.32. The molecule has 72 valence electrons. The summed E-state index contributed by atoms with van der Waals surface area (Å²) in [6.45, 7) is 0. The number of nitrogens with zero attached hydrogens (tertiary/aromatic N) is 1. The molecule has 2 aliphatic rings. The summed E-state index contributed by atoms with van der Waals surface area (Å²) < 4.78 is 4.68. The van der Waals surface area contributed by atoms with Crippen LogP contribution in [-0.2, 0) is 9.53 Å². The number of piperidine rings is 1. The van der Waals surface area contributed by atoms with Gasteiger partial charge in [0, 0.05) is 24.9 Å². The fourth-order valence-corrected chi connectivity index (χ4v) is 2.37. The maximum absolute atomic E-state index is 11.3. The number of carbonyl (C=O) groups is 2. The van der Waals surface area contributed by atoms with Crippen LogP contribution in [0.3, 0.4) is 0 Å². The zero-order chi connectivity index (χ0) is 9.42. The molecule has 4 heteroatoms. The third-order valence-corrected chi connectivity index (χ3v) is 2.93. The van der Waals surface area contributed by atoms with Crippen LogP contribution in [0.15, 0.2) is 0 Å². The number of fused-ring (bicyclic) bond motifs is 2. The van der Waals surface area contributed by atoms with Gasteiger partial charge in [0.25, 0.3) is 0 Å². The first-order chi connectivity index (χ1) is 6.22. The van der Waals surface area contributed by atoms with E-state index in [1.54, 1.807) is 4.90 Å². The third-order valence-electron chi connectivity index (χ3n) is 2.93. The van der Waals surface area contributed by atoms with Crippen LogP contribution in [0.25, 0.3) is 0 Å². The summed E-state index contributed by atoms with van der Waals surface area (Å²) in [5, 5.41) is 0. The topological polar surface area (TPSA) is 46.6 Å². The van der Waals surface area contributed by atoms with Crippen LogP contribution >= 0.6 is 0 Å². The number of methoxy groups -OCH3 is 1. The molecule has 0 unspecified atom stereocenters. The Morgan fingerprint density at radius 2 is 1.92 bits per heavy atom. The third kappa shape index (κ3) is 1.30. The second-order valence-corrected chi connectivity index (χ2v) is 3.71. The molecule has 2 heterocycles. The Morgan fingerprint density at radius 3 is 2.38 bits per heavy atom. The molecule has 2 saturated heterocycles. The Bertz CT molecular complexity index is 235. The highest BCUT2D eigenvalue weighted by Crippen LogP contribution is 2.34. The molecule has 4 nitrogen and oxygen atoms in total. The van der Waals surface area contributed by atoms with E-state index in [-0.39, 0.29) is 24.0 Å². The van der Waals surface area contributed by atoms with Crippen LogP contribution in [0.4, 0.5) is 4.79 Å². The highest BCUT2D eigenvalue weighted by molar-refractivity contribution is 5.83. The minimum atomic E-state index is -0.278. The van der Waals surface area contributed by atoms with Crippen LogP contribution in [0.1, 0.15) is 25.7 Å². The van der Waals surface area contributed by atoms with Gasteiger partial charge in [-0.25, -0.2) is 4.79 Å². The first-order valence-corrected chi connectivity index (χ1v) is 4.60. The Kier molecular flexibility index (Phi) is 1.98. The summed E-state index contributed by atoms with van der Waals surface area (Å²) >= 11 is 0. The highest BCUT2D eigenvalue weighted by atomic mass is 16.5. The van der Waals surface area contributed by atoms with Gasteiger partial charge in [-0.1, -0.05) is 0 Å². The van der Waals surface area contributed by atoms with Gasteiger partial charge >= 0.3 is 6.09 Å². The fourth-order valence-electron chi connectivity index (χ4n) is 2.37. The maximum Gasteiger partial charge on any atom is 0.410 e. The van der Waals surface area contributed by atoms with Crippen molar-refractivity contribution in [1.82, 2.24) is 4.90 Å². The predicted molar refractivity (Wildman–Crippen MR) is 45.3 cm³/mol. The first-order valence-electron chi connectivity index (χ1n) is 4.60. The Morgan fingerprint density at radius 1 is 1.38 bits per heavy atom. The second-order valence-electron chi connectivity index (χ2n) is 3.71. The molecule has 13 heavy (non-hydrogen) atoms. The van der Waals surface area contributed by atoms with Crippen LogP contribution in [0, 0.1) is 0 Å². The van der Waals surface area contributed by atoms with Crippen molar-refractivity contribution < 1.29 is 14.3 Å². The summed E-state index contributed by atoms with van der Waals surface area (Å²) in [6, 6.07) is 0.220. The van der Waals surface area contributed by atoms with E-state index >= 15 is 0 Å². The van der Waals surface area contributed by atoms with Crippen molar-refractivity contribution >= 4 is 11.9 Å². The average molecular weight is 183 g/mol. The minimum Gasteiger partial charge on any atom is -0.453 e. The first kappa shape index (κ1) is 8.53. The van der Waals surface area contributed by atoms with Crippen molar-refractivity contribution in [2.24, 2.45) is 0 Å². The standard InChI is InChI=1S/C9H13NO3/c1-13-9(12)10-6-2-3-7(10)5-8(11)4-6/h6-7H,2-5H2,1H3/t6-,7+. The van der Waals surface area contributed by atoms with E-state index in [4.69, 9.17) is 0 Å². The fraction of sp³-hybridized carbons (Fsp3) is 0.778. The van der Waals surface area contributed by atoms with Gasteiger partial charge < -0.3 is 9.64 Å². The summed E-state index contributed by atoms with van der Waals surface area (Å²) in [4.78, 5) is 24.3. The molecule has 2 atom stereocenters. The van der Waals surface area contributed by atoms with Crippen LogP contribution in [-0.4, -0.2) is 36.0 Å². The number of hydrogen-bond acceptors (Lipinski definition) is 3. The Labute approximate surface area is 76.8 Å². The molecule has 0 N–H and O–H groups in total. The molecule has 0 aliphatic carbocycles. The number of rotatable bonds is 0. The molecule has 0 saturated carbocycles. The van der Waals surface area contributed by atoms with Gasteiger partial charge in [0.05, 0.1) is 7.11 Å². The van der Waals surface area contributed by atoms with Crippen LogP contribution in [0.2, 0.25) is 0 Å². The van der Waals surface area contributed by atoms with Crippen molar-refractivity contribution in [2.45, 2.75) is 37.8 Å². The molecule has 0 aromatic rings. The van der Waals surface area contributed by atoms with Gasteiger partial charge in [0.2, 0.25) is 0 Å². The van der Waals surface area contributed by atoms with Gasteiger partial charge in [0.15, 0.2) is 0 Å². The molecule has 2 fully saturated rings. The van der Waals surface area contributed by atoms with Crippen LogP contribution < -0.4 is 0 Å². The predicted octanol–water partition coefficient (Wildman–Crippen LogP) is 0.949. The van der Waals surface area contributed by atoms with Gasteiger partial charge in [-0.3, -0.25) is 4.79 Å². The number of amides is 1. The summed E-state index contributed by atoms with van der Waals surface area (Å²) in [7, 11) is 1.39. The Hall–Kier alpha value is -1.06.